The van der Waals surface area contributed by atoms with Crippen LogP contribution in [0.25, 0.3) is 0 Å². The van der Waals surface area contributed by atoms with Crippen LogP contribution in [-0.2, 0) is 22.7 Å². The van der Waals surface area contributed by atoms with Crippen molar-refractivity contribution in [2.75, 3.05) is 0 Å². The molecule has 1 atom stereocenters. The van der Waals surface area contributed by atoms with E-state index in [1.165, 1.54) is 18.2 Å². The van der Waals surface area contributed by atoms with Gasteiger partial charge in [-0.2, -0.15) is 21.6 Å². The zero-order valence-corrected chi connectivity index (χ0v) is 13.4. The number of ether oxygens (including phenoxy) is 1. The van der Waals surface area contributed by atoms with E-state index in [-0.39, 0.29) is 27.7 Å². The van der Waals surface area contributed by atoms with Gasteiger partial charge in [0.2, 0.25) is 0 Å². The fraction of sp³-hybridized carbons (Fsp3) is 0.200. The van der Waals surface area contributed by atoms with E-state index in [4.69, 9.17) is 20.9 Å². The van der Waals surface area contributed by atoms with Gasteiger partial charge in [0.15, 0.2) is 0 Å². The third-order valence-electron chi connectivity index (χ3n) is 3.64. The Morgan fingerprint density at radius 1 is 1.21 bits per heavy atom. The van der Waals surface area contributed by atoms with E-state index in [1.54, 1.807) is 6.07 Å². The summed E-state index contributed by atoms with van der Waals surface area (Å²) in [6.07, 6.45) is -5.11. The van der Waals surface area contributed by atoms with E-state index >= 15 is 0 Å². The minimum absolute atomic E-state index is 0.105. The number of benzene rings is 2. The Kier molecular flexibility index (Phi) is 4.01. The van der Waals surface area contributed by atoms with E-state index in [2.05, 4.69) is 0 Å². The first-order valence-electron chi connectivity index (χ1n) is 6.69. The fourth-order valence-electron chi connectivity index (χ4n) is 2.54. The Labute approximate surface area is 140 Å². The molecule has 0 amide bonds. The molecule has 9 heteroatoms. The van der Waals surface area contributed by atoms with Gasteiger partial charge in [-0.15, -0.1) is 0 Å². The fourth-order valence-corrected chi connectivity index (χ4v) is 3.36. The summed E-state index contributed by atoms with van der Waals surface area (Å²) >= 11 is 5.88. The van der Waals surface area contributed by atoms with Crippen molar-refractivity contribution in [3.63, 3.8) is 0 Å². The molecule has 3 rings (SSSR count). The van der Waals surface area contributed by atoms with E-state index in [0.717, 1.165) is 12.1 Å². The lowest BCUT2D eigenvalue weighted by molar-refractivity contribution is -0.137. The monoisotopic (exact) mass is 378 g/mol. The maximum Gasteiger partial charge on any atom is 0.416 e. The lowest BCUT2D eigenvalue weighted by Crippen LogP contribution is -2.05. The van der Waals surface area contributed by atoms with Crippen LogP contribution >= 0.6 is 11.6 Å². The van der Waals surface area contributed by atoms with Crippen molar-refractivity contribution in [2.45, 2.75) is 23.6 Å². The SMILES string of the molecule is O=S(=O)(O)c1cccc(C2Cc3cc(C(F)(F)F)cc(Cl)c3O2)c1. The molecule has 0 bridgehead atoms. The number of fused-ring (bicyclic) bond motifs is 1. The van der Waals surface area contributed by atoms with Gasteiger partial charge in [0, 0.05) is 12.0 Å². The van der Waals surface area contributed by atoms with Crippen molar-refractivity contribution < 1.29 is 30.9 Å². The highest BCUT2D eigenvalue weighted by atomic mass is 35.5. The van der Waals surface area contributed by atoms with Crippen molar-refractivity contribution in [3.8, 4) is 5.75 Å². The first-order valence-corrected chi connectivity index (χ1v) is 8.51. The molecule has 2 aromatic rings. The van der Waals surface area contributed by atoms with Gasteiger partial charge in [0.1, 0.15) is 11.9 Å². The number of hydrogen-bond acceptors (Lipinski definition) is 3. The zero-order chi connectivity index (χ0) is 17.7. The summed E-state index contributed by atoms with van der Waals surface area (Å²) in [5, 5.41) is -0.159. The Hall–Kier alpha value is -1.77. The van der Waals surface area contributed by atoms with Crippen molar-refractivity contribution in [1.29, 1.82) is 0 Å². The Morgan fingerprint density at radius 2 is 1.92 bits per heavy atom. The van der Waals surface area contributed by atoms with Gasteiger partial charge in [0.05, 0.1) is 15.5 Å². The number of hydrogen-bond donors (Lipinski definition) is 1. The van der Waals surface area contributed by atoms with Gasteiger partial charge < -0.3 is 4.74 Å². The lowest BCUT2D eigenvalue weighted by atomic mass is 10.0. The summed E-state index contributed by atoms with van der Waals surface area (Å²) in [4.78, 5) is -0.318. The smallest absolute Gasteiger partial charge is 0.416 e. The Bertz CT molecular complexity index is 909. The van der Waals surface area contributed by atoms with Crippen LogP contribution in [0.15, 0.2) is 41.3 Å². The molecule has 1 heterocycles. The summed E-state index contributed by atoms with van der Waals surface area (Å²) in [5.74, 6) is 0.145. The molecule has 0 radical (unpaired) electrons. The number of halogens is 4. The maximum absolute atomic E-state index is 12.8. The van der Waals surface area contributed by atoms with E-state index in [9.17, 15) is 21.6 Å². The maximum atomic E-state index is 12.8. The first-order chi connectivity index (χ1) is 11.1. The van der Waals surface area contributed by atoms with Crippen molar-refractivity contribution in [1.82, 2.24) is 0 Å². The molecule has 1 aliphatic rings. The van der Waals surface area contributed by atoms with Crippen LogP contribution in [0.3, 0.4) is 0 Å². The first kappa shape index (κ1) is 17.1. The van der Waals surface area contributed by atoms with Crippen LogP contribution in [0.4, 0.5) is 13.2 Å². The molecule has 0 fully saturated rings. The van der Waals surface area contributed by atoms with Gasteiger partial charge in [-0.05, 0) is 29.8 Å². The second-order valence-electron chi connectivity index (χ2n) is 5.30. The molecule has 2 aromatic carbocycles. The summed E-state index contributed by atoms with van der Waals surface area (Å²) < 4.78 is 75.6. The van der Waals surface area contributed by atoms with E-state index in [0.29, 0.717) is 5.56 Å². The molecule has 24 heavy (non-hydrogen) atoms. The number of rotatable bonds is 2. The molecule has 4 nitrogen and oxygen atoms in total. The topological polar surface area (TPSA) is 63.6 Å². The average molecular weight is 379 g/mol. The largest absolute Gasteiger partial charge is 0.484 e. The molecule has 1 N–H and O–H groups in total. The Morgan fingerprint density at radius 3 is 2.54 bits per heavy atom. The predicted molar refractivity (Wildman–Crippen MR) is 79.8 cm³/mol. The molecule has 0 aliphatic carbocycles. The zero-order valence-electron chi connectivity index (χ0n) is 11.8. The summed E-state index contributed by atoms with van der Waals surface area (Å²) in [6.45, 7) is 0. The van der Waals surface area contributed by atoms with Crippen LogP contribution in [0.1, 0.15) is 22.8 Å². The summed E-state index contributed by atoms with van der Waals surface area (Å²) in [6, 6.07) is 7.14. The predicted octanol–water partition coefficient (Wildman–Crippen LogP) is 4.28. The minimum Gasteiger partial charge on any atom is -0.484 e. The van der Waals surface area contributed by atoms with Crippen molar-refractivity contribution in [2.24, 2.45) is 0 Å². The Balaban J connectivity index is 1.96. The average Bonchev–Trinajstić information content (AvgIpc) is 2.90. The second-order valence-corrected chi connectivity index (χ2v) is 7.13. The third kappa shape index (κ3) is 3.22. The van der Waals surface area contributed by atoms with Crippen molar-refractivity contribution >= 4 is 21.7 Å². The standard InChI is InChI=1S/C15H10ClF3O4S/c16-12-7-10(15(17,18)19)4-9-6-13(23-14(9)12)8-2-1-3-11(5-8)24(20,21)22/h1-5,7,13H,6H2,(H,20,21,22). The van der Waals surface area contributed by atoms with Crippen LogP contribution in [0.2, 0.25) is 5.02 Å². The third-order valence-corrected chi connectivity index (χ3v) is 4.77. The van der Waals surface area contributed by atoms with Crippen LogP contribution < -0.4 is 4.74 Å². The summed E-state index contributed by atoms with van der Waals surface area (Å²) in [7, 11) is -4.39. The quantitative estimate of drug-likeness (QED) is 0.792. The molecular formula is C15H10ClF3O4S. The minimum atomic E-state index is -4.53. The van der Waals surface area contributed by atoms with Gasteiger partial charge in [-0.1, -0.05) is 23.7 Å². The number of alkyl halides is 3. The molecule has 0 spiro atoms. The highest BCUT2D eigenvalue weighted by Gasteiger charge is 2.35. The van der Waals surface area contributed by atoms with Gasteiger partial charge in [0.25, 0.3) is 10.1 Å². The van der Waals surface area contributed by atoms with Gasteiger partial charge in [-0.3, -0.25) is 4.55 Å². The molecular weight excluding hydrogens is 369 g/mol. The van der Waals surface area contributed by atoms with Crippen LogP contribution in [-0.4, -0.2) is 13.0 Å². The molecule has 1 unspecified atom stereocenters. The highest BCUT2D eigenvalue weighted by Crippen LogP contribution is 2.45. The molecule has 128 valence electrons. The van der Waals surface area contributed by atoms with E-state index < -0.39 is 28.0 Å². The second kappa shape index (κ2) is 5.65. The normalized spacial score (nSPS) is 17.5. The van der Waals surface area contributed by atoms with Crippen molar-refractivity contribution in [3.05, 3.63) is 58.1 Å². The molecule has 0 saturated carbocycles. The van der Waals surface area contributed by atoms with Gasteiger partial charge >= 0.3 is 6.18 Å². The van der Waals surface area contributed by atoms with Gasteiger partial charge in [-0.25, -0.2) is 0 Å². The lowest BCUT2D eigenvalue weighted by Gasteiger charge is -2.12. The molecule has 1 aliphatic heterocycles. The van der Waals surface area contributed by atoms with E-state index in [1.807, 2.05) is 0 Å². The highest BCUT2D eigenvalue weighted by molar-refractivity contribution is 7.85. The molecule has 0 saturated heterocycles. The van der Waals surface area contributed by atoms with Crippen LogP contribution in [0.5, 0.6) is 5.75 Å². The van der Waals surface area contributed by atoms with Crippen LogP contribution in [0, 0.1) is 0 Å². The summed E-state index contributed by atoms with van der Waals surface area (Å²) in [5.41, 5.74) is -0.176. The molecule has 0 aromatic heterocycles.